The molecule has 0 amide bonds. The number of piperidine rings is 1. The Morgan fingerprint density at radius 1 is 1.11 bits per heavy atom. The predicted molar refractivity (Wildman–Crippen MR) is 66.9 cm³/mol. The van der Waals surface area contributed by atoms with Gasteiger partial charge in [-0.3, -0.25) is 4.90 Å². The topological polar surface area (TPSA) is 12.5 Å². The van der Waals surface area contributed by atoms with E-state index in [2.05, 4.69) is 4.90 Å². The molecular formula is C14H19F2NO. The van der Waals surface area contributed by atoms with Crippen molar-refractivity contribution in [2.45, 2.75) is 26.2 Å². The van der Waals surface area contributed by atoms with Crippen LogP contribution in [0.15, 0.2) is 12.1 Å². The third-order valence-corrected chi connectivity index (χ3v) is 3.38. The van der Waals surface area contributed by atoms with Gasteiger partial charge in [-0.2, -0.15) is 0 Å². The normalized spacial score (nSPS) is 16.8. The van der Waals surface area contributed by atoms with Gasteiger partial charge in [0.05, 0.1) is 0 Å². The Morgan fingerprint density at radius 2 is 1.72 bits per heavy atom. The molecule has 1 saturated heterocycles. The van der Waals surface area contributed by atoms with E-state index in [0.717, 1.165) is 19.6 Å². The maximum absolute atomic E-state index is 13.3. The Morgan fingerprint density at radius 3 is 2.33 bits per heavy atom. The molecule has 1 fully saturated rings. The molecule has 18 heavy (non-hydrogen) atoms. The van der Waals surface area contributed by atoms with E-state index in [1.54, 1.807) is 0 Å². The largest absolute Gasteiger partial charge is 0.492 e. The van der Waals surface area contributed by atoms with Crippen LogP contribution in [0.3, 0.4) is 0 Å². The zero-order chi connectivity index (χ0) is 13.0. The molecule has 1 aliphatic rings. The number of likely N-dealkylation sites (tertiary alicyclic amines) is 1. The number of hydrogen-bond acceptors (Lipinski definition) is 2. The molecule has 1 aromatic carbocycles. The van der Waals surface area contributed by atoms with Gasteiger partial charge in [-0.1, -0.05) is 6.42 Å². The van der Waals surface area contributed by atoms with Crippen LogP contribution in [0, 0.1) is 18.6 Å². The van der Waals surface area contributed by atoms with Crippen molar-refractivity contribution < 1.29 is 13.5 Å². The molecule has 0 atom stereocenters. The first-order valence-corrected chi connectivity index (χ1v) is 6.47. The van der Waals surface area contributed by atoms with Gasteiger partial charge >= 0.3 is 0 Å². The first-order chi connectivity index (χ1) is 8.66. The third-order valence-electron chi connectivity index (χ3n) is 3.38. The van der Waals surface area contributed by atoms with Gasteiger partial charge in [0.25, 0.3) is 0 Å². The third kappa shape index (κ3) is 3.42. The first-order valence-electron chi connectivity index (χ1n) is 6.47. The van der Waals surface area contributed by atoms with Crippen molar-refractivity contribution in [2.24, 2.45) is 0 Å². The van der Waals surface area contributed by atoms with E-state index < -0.39 is 11.6 Å². The lowest BCUT2D eigenvalue weighted by molar-refractivity contribution is 0.183. The number of benzene rings is 1. The van der Waals surface area contributed by atoms with Crippen LogP contribution in [0.25, 0.3) is 0 Å². The van der Waals surface area contributed by atoms with E-state index >= 15 is 0 Å². The van der Waals surface area contributed by atoms with E-state index in [1.807, 2.05) is 0 Å². The molecule has 0 radical (unpaired) electrons. The summed E-state index contributed by atoms with van der Waals surface area (Å²) in [6.45, 7) is 4.90. The highest BCUT2D eigenvalue weighted by Gasteiger charge is 2.11. The fourth-order valence-corrected chi connectivity index (χ4v) is 2.18. The van der Waals surface area contributed by atoms with Crippen LogP contribution < -0.4 is 4.74 Å². The molecule has 2 rings (SSSR count). The molecule has 0 spiro atoms. The maximum Gasteiger partial charge on any atom is 0.132 e. The van der Waals surface area contributed by atoms with Crippen LogP contribution in [-0.2, 0) is 0 Å². The van der Waals surface area contributed by atoms with Gasteiger partial charge in [0.2, 0.25) is 0 Å². The highest BCUT2D eigenvalue weighted by molar-refractivity contribution is 5.29. The number of halogens is 2. The summed E-state index contributed by atoms with van der Waals surface area (Å²) in [7, 11) is 0. The van der Waals surface area contributed by atoms with Crippen LogP contribution in [0.1, 0.15) is 24.8 Å². The Balaban J connectivity index is 1.82. The summed E-state index contributed by atoms with van der Waals surface area (Å²) in [4.78, 5) is 2.32. The summed E-state index contributed by atoms with van der Waals surface area (Å²) in [5.41, 5.74) is 0.0402. The summed E-state index contributed by atoms with van der Waals surface area (Å²) < 4.78 is 32.0. The lowest BCUT2D eigenvalue weighted by Crippen LogP contribution is -2.33. The van der Waals surface area contributed by atoms with Crippen LogP contribution in [0.5, 0.6) is 5.75 Å². The highest BCUT2D eigenvalue weighted by atomic mass is 19.1. The van der Waals surface area contributed by atoms with E-state index in [-0.39, 0.29) is 11.3 Å². The van der Waals surface area contributed by atoms with Gasteiger partial charge in [-0.25, -0.2) is 8.78 Å². The molecule has 0 aliphatic carbocycles. The molecule has 4 heteroatoms. The second kappa shape index (κ2) is 6.14. The second-order valence-corrected chi connectivity index (χ2v) is 4.76. The Bertz CT molecular complexity index is 380. The van der Waals surface area contributed by atoms with Gasteiger partial charge in [0.1, 0.15) is 24.0 Å². The van der Waals surface area contributed by atoms with Crippen LogP contribution in [0.2, 0.25) is 0 Å². The minimum Gasteiger partial charge on any atom is -0.492 e. The standard InChI is InChI=1S/C14H19F2NO/c1-11-13(15)9-12(10-14(11)16)18-8-7-17-5-3-2-4-6-17/h9-10H,2-8H2,1H3. The van der Waals surface area contributed by atoms with E-state index in [1.165, 1.54) is 38.3 Å². The van der Waals surface area contributed by atoms with Crippen LogP contribution in [0.4, 0.5) is 8.78 Å². The Labute approximate surface area is 107 Å². The van der Waals surface area contributed by atoms with Crippen LogP contribution >= 0.6 is 0 Å². The maximum atomic E-state index is 13.3. The van der Waals surface area contributed by atoms with Gasteiger partial charge in [-0.15, -0.1) is 0 Å². The minimum atomic E-state index is -0.553. The smallest absolute Gasteiger partial charge is 0.132 e. The Kier molecular flexibility index (Phi) is 4.53. The van der Waals surface area contributed by atoms with Crippen molar-refractivity contribution >= 4 is 0 Å². The molecule has 1 aromatic rings. The molecule has 0 aromatic heterocycles. The summed E-state index contributed by atoms with van der Waals surface area (Å²) >= 11 is 0. The first kappa shape index (κ1) is 13.3. The average molecular weight is 255 g/mol. The molecule has 2 nitrogen and oxygen atoms in total. The van der Waals surface area contributed by atoms with Gasteiger partial charge in [0.15, 0.2) is 0 Å². The number of hydrogen-bond donors (Lipinski definition) is 0. The molecule has 1 heterocycles. The molecule has 0 N–H and O–H groups in total. The van der Waals surface area contributed by atoms with Crippen molar-refractivity contribution in [2.75, 3.05) is 26.2 Å². The summed E-state index contributed by atoms with van der Waals surface area (Å²) in [6.07, 6.45) is 3.76. The van der Waals surface area contributed by atoms with Gasteiger partial charge < -0.3 is 4.74 Å². The lowest BCUT2D eigenvalue weighted by Gasteiger charge is -2.26. The Hall–Kier alpha value is -1.16. The van der Waals surface area contributed by atoms with E-state index in [4.69, 9.17) is 4.74 Å². The van der Waals surface area contributed by atoms with Crippen molar-refractivity contribution in [3.8, 4) is 5.75 Å². The SMILES string of the molecule is Cc1c(F)cc(OCCN2CCCCC2)cc1F. The monoisotopic (exact) mass is 255 g/mol. The average Bonchev–Trinajstić information content (AvgIpc) is 2.37. The second-order valence-electron chi connectivity index (χ2n) is 4.76. The van der Waals surface area contributed by atoms with Crippen molar-refractivity contribution in [1.29, 1.82) is 0 Å². The molecule has 1 aliphatic heterocycles. The number of ether oxygens (including phenoxy) is 1. The molecule has 0 saturated carbocycles. The van der Waals surface area contributed by atoms with E-state index in [9.17, 15) is 8.78 Å². The lowest BCUT2D eigenvalue weighted by atomic mass is 10.1. The summed E-state index contributed by atoms with van der Waals surface area (Å²) in [5.74, 6) is -0.835. The van der Waals surface area contributed by atoms with Gasteiger partial charge in [0, 0.05) is 24.2 Å². The van der Waals surface area contributed by atoms with Crippen LogP contribution in [-0.4, -0.2) is 31.1 Å². The fraction of sp³-hybridized carbons (Fsp3) is 0.571. The molecule has 100 valence electrons. The quantitative estimate of drug-likeness (QED) is 0.819. The predicted octanol–water partition coefficient (Wildman–Crippen LogP) is 3.14. The fourth-order valence-electron chi connectivity index (χ4n) is 2.18. The van der Waals surface area contributed by atoms with E-state index in [0.29, 0.717) is 6.61 Å². The van der Waals surface area contributed by atoms with Crippen molar-refractivity contribution in [3.05, 3.63) is 29.3 Å². The number of nitrogens with zero attached hydrogens (tertiary/aromatic N) is 1. The number of rotatable bonds is 4. The summed E-state index contributed by atoms with van der Waals surface area (Å²) in [6, 6.07) is 2.49. The van der Waals surface area contributed by atoms with Gasteiger partial charge in [-0.05, 0) is 32.9 Å². The molecule has 0 unspecified atom stereocenters. The van der Waals surface area contributed by atoms with Crippen molar-refractivity contribution in [3.63, 3.8) is 0 Å². The zero-order valence-corrected chi connectivity index (χ0v) is 10.7. The summed E-state index contributed by atoms with van der Waals surface area (Å²) in [5, 5.41) is 0. The highest BCUT2D eigenvalue weighted by Crippen LogP contribution is 2.19. The zero-order valence-electron chi connectivity index (χ0n) is 10.7. The molecular weight excluding hydrogens is 236 g/mol. The minimum absolute atomic E-state index is 0.0402. The molecule has 0 bridgehead atoms. The van der Waals surface area contributed by atoms with Crippen molar-refractivity contribution in [1.82, 2.24) is 4.90 Å².